The third kappa shape index (κ3) is 14.2. The van der Waals surface area contributed by atoms with Crippen LogP contribution in [-0.4, -0.2) is 43.8 Å². The van der Waals surface area contributed by atoms with Crippen molar-refractivity contribution in [2.45, 2.75) is 12.8 Å². The molecule has 0 saturated heterocycles. The summed E-state index contributed by atoms with van der Waals surface area (Å²) in [5.74, 6) is 1.58. The first-order chi connectivity index (χ1) is 17.9. The number of halogens is 2. The summed E-state index contributed by atoms with van der Waals surface area (Å²) in [6, 6.07) is 23.4. The van der Waals surface area contributed by atoms with E-state index < -0.39 is 6.09 Å². The van der Waals surface area contributed by atoms with Crippen molar-refractivity contribution in [3.8, 4) is 0 Å². The number of hydrogen-bond acceptors (Lipinski definition) is 6. The van der Waals surface area contributed by atoms with Crippen molar-refractivity contribution in [1.82, 2.24) is 0 Å². The topological polar surface area (TPSA) is 88.4 Å². The smallest absolute Gasteiger partial charge is 0.227 e. The van der Waals surface area contributed by atoms with Gasteiger partial charge in [0.25, 0.3) is 0 Å². The first-order valence-electron chi connectivity index (χ1n) is 11.3. The number of methoxy groups -OCH3 is 1. The number of anilines is 1. The van der Waals surface area contributed by atoms with Crippen molar-refractivity contribution in [1.29, 1.82) is 0 Å². The molecule has 3 aromatic carbocycles. The van der Waals surface area contributed by atoms with Crippen LogP contribution in [-0.2, 0) is 59.8 Å². The fourth-order valence-corrected chi connectivity index (χ4v) is 5.31. The van der Waals surface area contributed by atoms with Gasteiger partial charge in [0.2, 0.25) is 12.0 Å². The maximum Gasteiger partial charge on any atom is 0.227 e. The van der Waals surface area contributed by atoms with E-state index in [0.717, 1.165) is 40.5 Å². The summed E-state index contributed by atoms with van der Waals surface area (Å²) < 4.78 is 9.25. The number of ether oxygens (including phenoxy) is 2. The number of carbonyl (C=O) groups excluding carboxylic acids is 2. The predicted molar refractivity (Wildman–Crippen MR) is 156 cm³/mol. The van der Waals surface area contributed by atoms with E-state index in [1.807, 2.05) is 54.6 Å². The van der Waals surface area contributed by atoms with Crippen LogP contribution in [0.25, 0.3) is 5.73 Å². The van der Waals surface area contributed by atoms with Crippen LogP contribution in [0.3, 0.4) is 0 Å². The van der Waals surface area contributed by atoms with Crippen LogP contribution >= 0.6 is 44.8 Å². The Balaban J connectivity index is 0.000000475. The minimum absolute atomic E-state index is 0. The van der Waals surface area contributed by atoms with Gasteiger partial charge in [-0.05, 0) is 28.8 Å². The molecule has 0 aliphatic rings. The van der Waals surface area contributed by atoms with Gasteiger partial charge in [0.15, 0.2) is 0 Å². The molecule has 0 fully saturated rings. The van der Waals surface area contributed by atoms with Crippen molar-refractivity contribution in [3.63, 3.8) is 0 Å². The quantitative estimate of drug-likeness (QED) is 0.121. The van der Waals surface area contributed by atoms with E-state index in [1.165, 1.54) is 0 Å². The monoisotopic (exact) mass is 667 g/mol. The standard InChI is InChI=1S/C21H16Cl2NO.C6H13NO3S2.Y/c22-19-11-6-12-20(23)18(19)13-15-7-4-5-8-16(15)14-21(25)24-17-9-2-1-3-10-17;1-9-2-4-11-12-5-3-10-6(7)8;/h2-12H,13-14H2,(H,24,25);2-5H2,1H3,(H2,7,8);/q-1;;/p-1. The van der Waals surface area contributed by atoms with Gasteiger partial charge in [-0.15, -0.1) is 12.1 Å². The summed E-state index contributed by atoms with van der Waals surface area (Å²) >= 11 is 12.6. The van der Waals surface area contributed by atoms with Gasteiger partial charge in [0.1, 0.15) is 0 Å². The first-order valence-corrected chi connectivity index (χ1v) is 14.5. The summed E-state index contributed by atoms with van der Waals surface area (Å²) in [4.78, 5) is 22.3. The molecule has 1 radical (unpaired) electrons. The molecule has 0 aliphatic heterocycles. The number of amides is 2. The van der Waals surface area contributed by atoms with Gasteiger partial charge in [-0.3, -0.25) is 9.59 Å². The minimum atomic E-state index is -0.961. The minimum Gasteiger partial charge on any atom is -0.632 e. The average Bonchev–Trinajstić information content (AvgIpc) is 2.87. The summed E-state index contributed by atoms with van der Waals surface area (Å²) in [5, 5.41) is 4.16. The Hall–Kier alpha value is -1.26. The van der Waals surface area contributed by atoms with E-state index in [4.69, 9.17) is 33.7 Å². The molecule has 201 valence electrons. The zero-order chi connectivity index (χ0) is 26.9. The Labute approximate surface area is 267 Å². The maximum atomic E-state index is 12.3. The van der Waals surface area contributed by atoms with Crippen LogP contribution in [0.15, 0.2) is 66.7 Å². The average molecular weight is 668 g/mol. The van der Waals surface area contributed by atoms with E-state index in [2.05, 4.69) is 16.1 Å². The first kappa shape index (κ1) is 34.8. The predicted octanol–water partition coefficient (Wildman–Crippen LogP) is 7.77. The van der Waals surface area contributed by atoms with Crippen molar-refractivity contribution >= 4 is 62.5 Å². The molecule has 2 N–H and O–H groups in total. The van der Waals surface area contributed by atoms with Gasteiger partial charge < -0.3 is 20.5 Å². The van der Waals surface area contributed by atoms with Crippen LogP contribution < -0.4 is 5.32 Å². The van der Waals surface area contributed by atoms with Crippen molar-refractivity contribution in [2.75, 3.05) is 37.1 Å². The Bertz CT molecular complexity index is 1110. The van der Waals surface area contributed by atoms with E-state index in [0.29, 0.717) is 23.1 Å². The molecule has 0 atom stereocenters. The molecular formula is C27H28Cl2N2O4S2Y-2. The third-order valence-electron chi connectivity index (χ3n) is 4.75. The van der Waals surface area contributed by atoms with E-state index in [1.54, 1.807) is 40.8 Å². The molecule has 11 heteroatoms. The number of rotatable bonds is 12. The second-order valence-corrected chi connectivity index (χ2v) is 10.9. The van der Waals surface area contributed by atoms with Gasteiger partial charge in [-0.25, -0.2) is 0 Å². The molecule has 0 aromatic heterocycles. The second kappa shape index (κ2) is 20.6. The number of nitrogens with one attached hydrogen (secondary N) is 2. The molecule has 6 nitrogen and oxygen atoms in total. The number of carbonyl (C=O) groups is 2. The molecule has 3 rings (SSSR count). The molecule has 0 unspecified atom stereocenters. The molecule has 3 aromatic rings. The summed E-state index contributed by atoms with van der Waals surface area (Å²) in [5.41, 5.74) is 10.1. The molecule has 0 spiro atoms. The van der Waals surface area contributed by atoms with Crippen molar-refractivity contribution in [2.24, 2.45) is 0 Å². The largest absolute Gasteiger partial charge is 0.632 e. The fourth-order valence-electron chi connectivity index (χ4n) is 3.05. The molecule has 38 heavy (non-hydrogen) atoms. The normalized spacial score (nSPS) is 9.97. The van der Waals surface area contributed by atoms with E-state index in [-0.39, 0.29) is 45.0 Å². The Morgan fingerprint density at radius 3 is 2.13 bits per heavy atom. The Morgan fingerprint density at radius 1 is 0.921 bits per heavy atom. The number of hydrogen-bond donors (Lipinski definition) is 1. The summed E-state index contributed by atoms with van der Waals surface area (Å²) in [6.07, 6.45) is -0.0865. The fraction of sp³-hybridized carbons (Fsp3) is 0.259. The van der Waals surface area contributed by atoms with Crippen LogP contribution in [0, 0.1) is 6.07 Å². The third-order valence-corrected chi connectivity index (χ3v) is 7.80. The van der Waals surface area contributed by atoms with Crippen LogP contribution in [0.1, 0.15) is 16.7 Å². The SMILES string of the molecule is COCCSSCCOC([NH-])=O.O=C(Cc1ccccc1Cc1c(Cl)cccc1Cl)Nc1cc[c-]cc1.[Y]. The van der Waals surface area contributed by atoms with Gasteiger partial charge in [0.05, 0.1) is 19.6 Å². The van der Waals surface area contributed by atoms with E-state index >= 15 is 0 Å². The Morgan fingerprint density at radius 2 is 1.53 bits per heavy atom. The van der Waals surface area contributed by atoms with Gasteiger partial charge >= 0.3 is 0 Å². The molecule has 0 bridgehead atoms. The molecule has 0 aliphatic carbocycles. The zero-order valence-corrected chi connectivity index (χ0v) is 26.9. The molecule has 0 heterocycles. The van der Waals surface area contributed by atoms with Crippen molar-refractivity contribution in [3.05, 3.63) is 105 Å². The van der Waals surface area contributed by atoms with Crippen LogP contribution in [0.5, 0.6) is 0 Å². The molecule has 0 saturated carbocycles. The second-order valence-electron chi connectivity index (χ2n) is 7.43. The summed E-state index contributed by atoms with van der Waals surface area (Å²) in [7, 11) is 4.94. The van der Waals surface area contributed by atoms with Crippen LogP contribution in [0.2, 0.25) is 10.0 Å². The molecule has 2 amide bonds. The van der Waals surface area contributed by atoms with E-state index in [9.17, 15) is 9.59 Å². The Kier molecular flexibility index (Phi) is 18.9. The summed E-state index contributed by atoms with van der Waals surface area (Å²) in [6.45, 7) is 1.04. The maximum absolute atomic E-state index is 12.3. The van der Waals surface area contributed by atoms with Gasteiger partial charge in [0, 0.05) is 67.8 Å². The number of benzene rings is 3. The van der Waals surface area contributed by atoms with Crippen molar-refractivity contribution < 1.29 is 51.8 Å². The molecular weight excluding hydrogens is 640 g/mol. The van der Waals surface area contributed by atoms with Crippen LogP contribution in [0.4, 0.5) is 10.5 Å². The van der Waals surface area contributed by atoms with Gasteiger partial charge in [-0.2, -0.15) is 18.2 Å². The zero-order valence-electron chi connectivity index (χ0n) is 20.9. The van der Waals surface area contributed by atoms with Gasteiger partial charge in [-0.1, -0.05) is 80.8 Å².